The third kappa shape index (κ3) is 5.42. The van der Waals surface area contributed by atoms with Gasteiger partial charge in [0, 0.05) is 10.0 Å². The number of rotatable bonds is 6. The SMILES string of the molecule is Cc1ccc(N(O)C(=O)Cn2cc[n+](CC(=O)N(O)c3ccc(C)c(Cl)c3)c2)cc1Cl. The van der Waals surface area contributed by atoms with Gasteiger partial charge in [-0.3, -0.25) is 20.0 Å². The summed E-state index contributed by atoms with van der Waals surface area (Å²) in [5.74, 6) is -1.18. The number of imidazole rings is 1. The third-order valence-electron chi connectivity index (χ3n) is 4.65. The summed E-state index contributed by atoms with van der Waals surface area (Å²) in [6.07, 6.45) is 4.67. The maximum atomic E-state index is 12.4. The van der Waals surface area contributed by atoms with Crippen LogP contribution in [0.15, 0.2) is 55.1 Å². The molecule has 1 aromatic heterocycles. The Hall–Kier alpha value is -2.91. The van der Waals surface area contributed by atoms with E-state index in [1.54, 1.807) is 36.7 Å². The number of hydrogen-bond donors (Lipinski definition) is 2. The standard InChI is InChI=1S/C21H21Cl2N4O4/c1-14-3-5-16(9-18(14)22)26(30)20(28)11-24-7-8-25(13-24)12-21(29)27(31)17-6-4-15(2)19(23)10-17/h3-10,13,30-31H,11-12H2,1-2H3/q+1. The molecule has 0 aliphatic carbocycles. The molecule has 0 saturated heterocycles. The van der Waals surface area contributed by atoms with Crippen molar-refractivity contribution in [1.29, 1.82) is 0 Å². The summed E-state index contributed by atoms with van der Waals surface area (Å²) in [5, 5.41) is 22.2. The third-order valence-corrected chi connectivity index (χ3v) is 5.47. The normalized spacial score (nSPS) is 10.8. The van der Waals surface area contributed by atoms with Crippen molar-refractivity contribution in [2.75, 3.05) is 10.1 Å². The van der Waals surface area contributed by atoms with Gasteiger partial charge in [-0.25, -0.2) is 9.13 Å². The monoisotopic (exact) mass is 463 g/mol. The van der Waals surface area contributed by atoms with Crippen molar-refractivity contribution in [3.8, 4) is 0 Å². The van der Waals surface area contributed by atoms with Crippen molar-refractivity contribution in [1.82, 2.24) is 4.57 Å². The highest BCUT2D eigenvalue weighted by molar-refractivity contribution is 6.32. The Balaban J connectivity index is 1.62. The van der Waals surface area contributed by atoms with Gasteiger partial charge in [0.25, 0.3) is 11.8 Å². The highest BCUT2D eigenvalue weighted by Crippen LogP contribution is 2.23. The van der Waals surface area contributed by atoms with Crippen molar-refractivity contribution in [2.24, 2.45) is 0 Å². The Morgan fingerprint density at radius 3 is 1.97 bits per heavy atom. The van der Waals surface area contributed by atoms with Gasteiger partial charge in [-0.2, -0.15) is 10.1 Å². The first kappa shape index (κ1) is 22.8. The van der Waals surface area contributed by atoms with E-state index in [0.717, 1.165) is 11.1 Å². The molecular weight excluding hydrogens is 443 g/mol. The number of anilines is 2. The van der Waals surface area contributed by atoms with E-state index < -0.39 is 11.8 Å². The lowest BCUT2D eigenvalue weighted by Gasteiger charge is -2.15. The largest absolute Gasteiger partial charge is 0.292 e. The molecule has 3 aromatic rings. The van der Waals surface area contributed by atoms with E-state index in [-0.39, 0.29) is 24.5 Å². The minimum absolute atomic E-state index is 0.167. The van der Waals surface area contributed by atoms with E-state index in [1.165, 1.54) is 27.6 Å². The van der Waals surface area contributed by atoms with Gasteiger partial charge in [-0.15, -0.1) is 0 Å². The van der Waals surface area contributed by atoms with Crippen molar-refractivity contribution in [3.05, 3.63) is 76.3 Å². The molecule has 0 aliphatic heterocycles. The predicted molar refractivity (Wildman–Crippen MR) is 116 cm³/mol. The van der Waals surface area contributed by atoms with Crippen LogP contribution in [0.1, 0.15) is 11.1 Å². The van der Waals surface area contributed by atoms with Gasteiger partial charge in [0.1, 0.15) is 12.4 Å². The Kier molecular flexibility index (Phi) is 6.97. The molecule has 0 aliphatic rings. The van der Waals surface area contributed by atoms with Crippen LogP contribution < -0.4 is 14.7 Å². The lowest BCUT2D eigenvalue weighted by Crippen LogP contribution is -2.42. The quantitative estimate of drug-likeness (QED) is 0.332. The number of aryl methyl sites for hydroxylation is 2. The van der Waals surface area contributed by atoms with Crippen LogP contribution >= 0.6 is 23.2 Å². The molecule has 0 saturated carbocycles. The second-order valence-electron chi connectivity index (χ2n) is 7.04. The molecule has 0 radical (unpaired) electrons. The molecule has 8 nitrogen and oxygen atoms in total. The Morgan fingerprint density at radius 2 is 1.45 bits per heavy atom. The Labute approximate surface area is 189 Å². The summed E-state index contributed by atoms with van der Waals surface area (Å²) < 4.78 is 3.00. The summed E-state index contributed by atoms with van der Waals surface area (Å²) in [5.41, 5.74) is 2.16. The van der Waals surface area contributed by atoms with E-state index in [1.807, 2.05) is 13.8 Å². The topological polar surface area (TPSA) is 89.9 Å². The fourth-order valence-electron chi connectivity index (χ4n) is 2.79. The van der Waals surface area contributed by atoms with Gasteiger partial charge in [-0.1, -0.05) is 35.3 Å². The van der Waals surface area contributed by atoms with Crippen molar-refractivity contribution < 1.29 is 24.6 Å². The fraction of sp³-hybridized carbons (Fsp3) is 0.190. The van der Waals surface area contributed by atoms with Gasteiger partial charge < -0.3 is 0 Å². The second-order valence-corrected chi connectivity index (χ2v) is 7.85. The van der Waals surface area contributed by atoms with Crippen molar-refractivity contribution in [2.45, 2.75) is 26.9 Å². The lowest BCUT2D eigenvalue weighted by atomic mass is 10.2. The number of nitrogens with zero attached hydrogens (tertiary/aromatic N) is 4. The summed E-state index contributed by atoms with van der Waals surface area (Å²) in [4.78, 5) is 24.7. The molecule has 0 unspecified atom stereocenters. The molecule has 2 N–H and O–H groups in total. The molecule has 3 rings (SSSR count). The van der Waals surface area contributed by atoms with Crippen LogP contribution in [0.2, 0.25) is 10.0 Å². The Morgan fingerprint density at radius 1 is 0.935 bits per heavy atom. The zero-order valence-electron chi connectivity index (χ0n) is 16.9. The van der Waals surface area contributed by atoms with Crippen LogP contribution in [-0.4, -0.2) is 26.8 Å². The second kappa shape index (κ2) is 9.49. The summed E-state index contributed by atoms with van der Waals surface area (Å²) in [6.45, 7) is 3.30. The molecule has 0 fully saturated rings. The molecule has 0 bridgehead atoms. The minimum atomic E-state index is -0.591. The lowest BCUT2D eigenvalue weighted by molar-refractivity contribution is -0.683. The van der Waals surface area contributed by atoms with Crippen LogP contribution in [0.3, 0.4) is 0 Å². The van der Waals surface area contributed by atoms with Crippen LogP contribution in [0.5, 0.6) is 0 Å². The van der Waals surface area contributed by atoms with Crippen LogP contribution in [0.4, 0.5) is 11.4 Å². The highest BCUT2D eigenvalue weighted by Gasteiger charge is 2.20. The molecule has 0 atom stereocenters. The highest BCUT2D eigenvalue weighted by atomic mass is 35.5. The first-order chi connectivity index (χ1) is 14.7. The number of hydrogen-bond acceptors (Lipinski definition) is 4. The zero-order chi connectivity index (χ0) is 22.7. The smallest absolute Gasteiger partial charge is 0.281 e. The van der Waals surface area contributed by atoms with Gasteiger partial charge in [0.2, 0.25) is 6.33 Å². The van der Waals surface area contributed by atoms with Crippen LogP contribution in [-0.2, 0) is 22.7 Å². The molecule has 10 heteroatoms. The summed E-state index contributed by atoms with van der Waals surface area (Å²) >= 11 is 12.1. The number of amides is 2. The van der Waals surface area contributed by atoms with Gasteiger partial charge in [0.15, 0.2) is 13.1 Å². The molecule has 31 heavy (non-hydrogen) atoms. The number of halogens is 2. The van der Waals surface area contributed by atoms with E-state index in [2.05, 4.69) is 0 Å². The number of benzene rings is 2. The first-order valence-corrected chi connectivity index (χ1v) is 10.0. The zero-order valence-corrected chi connectivity index (χ0v) is 18.4. The predicted octanol–water partition coefficient (Wildman–Crippen LogP) is 3.54. The van der Waals surface area contributed by atoms with Gasteiger partial charge in [0.05, 0.1) is 11.4 Å². The molecule has 0 spiro atoms. The molecule has 2 amide bonds. The average Bonchev–Trinajstić information content (AvgIpc) is 3.17. The molecule has 2 aromatic carbocycles. The van der Waals surface area contributed by atoms with Crippen molar-refractivity contribution in [3.63, 3.8) is 0 Å². The van der Waals surface area contributed by atoms with E-state index >= 15 is 0 Å². The Bertz CT molecular complexity index is 1050. The summed E-state index contributed by atoms with van der Waals surface area (Å²) in [6, 6.07) is 9.56. The van der Waals surface area contributed by atoms with E-state index in [9.17, 15) is 20.0 Å². The van der Waals surface area contributed by atoms with Gasteiger partial charge in [-0.05, 0) is 49.2 Å². The van der Waals surface area contributed by atoms with Crippen LogP contribution in [0.25, 0.3) is 0 Å². The number of carbonyl (C=O) groups excluding carboxylic acids is 2. The molecule has 162 valence electrons. The number of aromatic nitrogens is 2. The maximum absolute atomic E-state index is 12.4. The summed E-state index contributed by atoms with van der Waals surface area (Å²) in [7, 11) is 0. The molecule has 1 heterocycles. The van der Waals surface area contributed by atoms with Crippen LogP contribution in [0, 0.1) is 13.8 Å². The number of hydroxylamine groups is 2. The van der Waals surface area contributed by atoms with Gasteiger partial charge >= 0.3 is 0 Å². The molecular formula is C21H21Cl2N4O4+. The van der Waals surface area contributed by atoms with E-state index in [0.29, 0.717) is 20.2 Å². The average molecular weight is 464 g/mol. The minimum Gasteiger partial charge on any atom is -0.281 e. The first-order valence-electron chi connectivity index (χ1n) is 9.26. The van der Waals surface area contributed by atoms with E-state index in [4.69, 9.17) is 23.2 Å². The van der Waals surface area contributed by atoms with Crippen molar-refractivity contribution >= 4 is 46.4 Å². The maximum Gasteiger partial charge on any atom is 0.292 e. The fourth-order valence-corrected chi connectivity index (χ4v) is 3.14. The number of carbonyl (C=O) groups is 2.